The van der Waals surface area contributed by atoms with Crippen molar-refractivity contribution < 1.29 is 13.9 Å². The van der Waals surface area contributed by atoms with E-state index in [-0.39, 0.29) is 11.5 Å². The van der Waals surface area contributed by atoms with Crippen molar-refractivity contribution in [1.82, 2.24) is 0 Å². The van der Waals surface area contributed by atoms with Gasteiger partial charge in [-0.1, -0.05) is 26.7 Å². The molecule has 1 nitrogen and oxygen atoms in total. The molecule has 0 aliphatic rings. The molecule has 3 heteroatoms. The third kappa shape index (κ3) is 3.77. The fourth-order valence-electron chi connectivity index (χ4n) is 2.20. The second-order valence-electron chi connectivity index (χ2n) is 4.45. The number of hydrogen-bond acceptors (Lipinski definition) is 1. The van der Waals surface area contributed by atoms with E-state index >= 15 is 0 Å². The zero-order valence-corrected chi connectivity index (χ0v) is 10.4. The SMILES string of the molecule is CCCC(CCC)C(O)c1cc(F)ccc1F. The Labute approximate surface area is 101 Å². The first kappa shape index (κ1) is 14.1. The van der Waals surface area contributed by atoms with Crippen LogP contribution in [0.2, 0.25) is 0 Å². The van der Waals surface area contributed by atoms with E-state index in [9.17, 15) is 13.9 Å². The zero-order chi connectivity index (χ0) is 12.8. The molecule has 1 atom stereocenters. The second-order valence-corrected chi connectivity index (χ2v) is 4.45. The Morgan fingerprint density at radius 3 is 2.24 bits per heavy atom. The van der Waals surface area contributed by atoms with Crippen LogP contribution < -0.4 is 0 Å². The summed E-state index contributed by atoms with van der Waals surface area (Å²) in [6.45, 7) is 4.05. The Bertz CT molecular complexity index is 346. The maximum atomic E-state index is 13.5. The molecular formula is C14H20F2O. The molecule has 1 unspecified atom stereocenters. The first-order valence-electron chi connectivity index (χ1n) is 6.23. The molecule has 0 aliphatic heterocycles. The summed E-state index contributed by atoms with van der Waals surface area (Å²) in [7, 11) is 0. The largest absolute Gasteiger partial charge is 0.388 e. The topological polar surface area (TPSA) is 20.2 Å². The van der Waals surface area contributed by atoms with Crippen molar-refractivity contribution in [3.8, 4) is 0 Å². The van der Waals surface area contributed by atoms with E-state index in [4.69, 9.17) is 0 Å². The van der Waals surface area contributed by atoms with Gasteiger partial charge in [0.1, 0.15) is 11.6 Å². The minimum absolute atomic E-state index is 0.00120. The Hall–Kier alpha value is -0.960. The second kappa shape index (κ2) is 6.70. The third-order valence-electron chi connectivity index (χ3n) is 3.04. The lowest BCUT2D eigenvalue weighted by molar-refractivity contribution is 0.0926. The summed E-state index contributed by atoms with van der Waals surface area (Å²) in [4.78, 5) is 0. The van der Waals surface area contributed by atoms with E-state index in [2.05, 4.69) is 0 Å². The Balaban J connectivity index is 2.91. The quantitative estimate of drug-likeness (QED) is 0.792. The molecule has 1 rings (SSSR count). The van der Waals surface area contributed by atoms with Crippen LogP contribution in [0.5, 0.6) is 0 Å². The van der Waals surface area contributed by atoms with E-state index in [0.29, 0.717) is 0 Å². The van der Waals surface area contributed by atoms with Gasteiger partial charge in [0.25, 0.3) is 0 Å². The standard InChI is InChI=1S/C14H20F2O/c1-3-5-10(6-4-2)14(17)12-9-11(15)7-8-13(12)16/h7-10,14,17H,3-6H2,1-2H3. The molecule has 0 amide bonds. The molecule has 0 saturated heterocycles. The lowest BCUT2D eigenvalue weighted by Crippen LogP contribution is -2.14. The van der Waals surface area contributed by atoms with Crippen LogP contribution in [0, 0.1) is 17.6 Å². The highest BCUT2D eigenvalue weighted by molar-refractivity contribution is 5.21. The number of benzene rings is 1. The van der Waals surface area contributed by atoms with Gasteiger partial charge in [-0.05, 0) is 37.0 Å². The van der Waals surface area contributed by atoms with E-state index in [1.807, 2.05) is 13.8 Å². The minimum atomic E-state index is -0.911. The van der Waals surface area contributed by atoms with Crippen molar-refractivity contribution >= 4 is 0 Å². The lowest BCUT2D eigenvalue weighted by Gasteiger charge is -2.22. The minimum Gasteiger partial charge on any atom is -0.388 e. The summed E-state index contributed by atoms with van der Waals surface area (Å²) in [5.41, 5.74) is 0.0805. The zero-order valence-electron chi connectivity index (χ0n) is 10.4. The summed E-state index contributed by atoms with van der Waals surface area (Å²) in [6, 6.07) is 3.24. The van der Waals surface area contributed by atoms with Gasteiger partial charge < -0.3 is 5.11 Å². The molecule has 1 N–H and O–H groups in total. The van der Waals surface area contributed by atoms with Crippen molar-refractivity contribution in [3.63, 3.8) is 0 Å². The van der Waals surface area contributed by atoms with Crippen LogP contribution in [0.3, 0.4) is 0 Å². The summed E-state index contributed by atoms with van der Waals surface area (Å²) < 4.78 is 26.6. The molecule has 0 aromatic heterocycles. The number of aliphatic hydroxyl groups excluding tert-OH is 1. The Kier molecular flexibility index (Phi) is 5.56. The van der Waals surface area contributed by atoms with E-state index in [1.54, 1.807) is 0 Å². The Morgan fingerprint density at radius 2 is 1.71 bits per heavy atom. The fraction of sp³-hybridized carbons (Fsp3) is 0.571. The van der Waals surface area contributed by atoms with Gasteiger partial charge in [-0.3, -0.25) is 0 Å². The highest BCUT2D eigenvalue weighted by Crippen LogP contribution is 2.31. The van der Waals surface area contributed by atoms with E-state index in [0.717, 1.165) is 43.9 Å². The lowest BCUT2D eigenvalue weighted by atomic mass is 9.88. The molecule has 0 bridgehead atoms. The molecule has 1 aromatic carbocycles. The van der Waals surface area contributed by atoms with Gasteiger partial charge in [0.2, 0.25) is 0 Å². The highest BCUT2D eigenvalue weighted by Gasteiger charge is 2.22. The van der Waals surface area contributed by atoms with E-state index < -0.39 is 17.7 Å². The van der Waals surface area contributed by atoms with Crippen molar-refractivity contribution in [2.45, 2.75) is 45.6 Å². The molecule has 17 heavy (non-hydrogen) atoms. The van der Waals surface area contributed by atoms with E-state index in [1.165, 1.54) is 0 Å². The first-order valence-corrected chi connectivity index (χ1v) is 6.23. The molecule has 1 aromatic rings. The summed E-state index contributed by atoms with van der Waals surface area (Å²) in [5, 5.41) is 10.1. The van der Waals surface area contributed by atoms with Gasteiger partial charge in [-0.25, -0.2) is 8.78 Å². The van der Waals surface area contributed by atoms with Crippen LogP contribution in [0.4, 0.5) is 8.78 Å². The number of hydrogen-bond donors (Lipinski definition) is 1. The maximum absolute atomic E-state index is 13.5. The van der Waals surface area contributed by atoms with Gasteiger partial charge in [0.15, 0.2) is 0 Å². The van der Waals surface area contributed by atoms with Gasteiger partial charge in [-0.15, -0.1) is 0 Å². The average Bonchev–Trinajstić information content (AvgIpc) is 2.31. The van der Waals surface area contributed by atoms with Gasteiger partial charge >= 0.3 is 0 Å². The molecular weight excluding hydrogens is 222 g/mol. The van der Waals surface area contributed by atoms with Gasteiger partial charge in [0.05, 0.1) is 6.10 Å². The predicted molar refractivity (Wildman–Crippen MR) is 64.6 cm³/mol. The molecule has 0 fully saturated rings. The van der Waals surface area contributed by atoms with Crippen molar-refractivity contribution in [2.75, 3.05) is 0 Å². The number of aliphatic hydroxyl groups is 1. The van der Waals surface area contributed by atoms with Crippen LogP contribution in [-0.2, 0) is 0 Å². The fourth-order valence-corrected chi connectivity index (χ4v) is 2.20. The first-order chi connectivity index (χ1) is 8.10. The van der Waals surface area contributed by atoms with Crippen molar-refractivity contribution in [1.29, 1.82) is 0 Å². The molecule has 0 radical (unpaired) electrons. The summed E-state index contributed by atoms with van der Waals surface area (Å²) in [6.07, 6.45) is 2.60. The van der Waals surface area contributed by atoms with Gasteiger partial charge in [0, 0.05) is 5.56 Å². The molecule has 0 spiro atoms. The summed E-state index contributed by atoms with van der Waals surface area (Å²) in [5.74, 6) is -1.04. The Morgan fingerprint density at radius 1 is 1.12 bits per heavy atom. The average molecular weight is 242 g/mol. The normalized spacial score (nSPS) is 13.1. The molecule has 0 saturated carbocycles. The van der Waals surface area contributed by atoms with Crippen LogP contribution in [0.25, 0.3) is 0 Å². The van der Waals surface area contributed by atoms with Crippen LogP contribution in [0.1, 0.15) is 51.2 Å². The molecule has 0 aliphatic carbocycles. The van der Waals surface area contributed by atoms with Crippen molar-refractivity contribution in [3.05, 3.63) is 35.4 Å². The monoisotopic (exact) mass is 242 g/mol. The molecule has 0 heterocycles. The van der Waals surface area contributed by atoms with Crippen LogP contribution >= 0.6 is 0 Å². The van der Waals surface area contributed by atoms with Crippen LogP contribution in [0.15, 0.2) is 18.2 Å². The maximum Gasteiger partial charge on any atom is 0.129 e. The summed E-state index contributed by atoms with van der Waals surface area (Å²) >= 11 is 0. The number of halogens is 2. The third-order valence-corrected chi connectivity index (χ3v) is 3.04. The highest BCUT2D eigenvalue weighted by atomic mass is 19.1. The predicted octanol–water partition coefficient (Wildman–Crippen LogP) is 4.21. The van der Waals surface area contributed by atoms with Crippen molar-refractivity contribution in [2.24, 2.45) is 5.92 Å². The van der Waals surface area contributed by atoms with Crippen LogP contribution in [-0.4, -0.2) is 5.11 Å². The number of rotatable bonds is 6. The van der Waals surface area contributed by atoms with Gasteiger partial charge in [-0.2, -0.15) is 0 Å². The smallest absolute Gasteiger partial charge is 0.129 e. The molecule has 96 valence electrons.